The maximum atomic E-state index is 12.3. The SMILES string of the molecule is C/C(=N\NC(=O)C(N)=O)c1cccc(NC(=O)c2ccc(Cl)cc2Cl)c1. The van der Waals surface area contributed by atoms with Gasteiger partial charge in [-0.2, -0.15) is 5.10 Å². The molecule has 0 spiro atoms. The number of nitrogens with zero attached hydrogens (tertiary/aromatic N) is 1. The van der Waals surface area contributed by atoms with Crippen molar-refractivity contribution in [1.29, 1.82) is 0 Å². The lowest BCUT2D eigenvalue weighted by Crippen LogP contribution is -2.33. The van der Waals surface area contributed by atoms with Gasteiger partial charge in [-0.1, -0.05) is 35.3 Å². The molecule has 0 unspecified atom stereocenters. The van der Waals surface area contributed by atoms with Crippen molar-refractivity contribution in [2.45, 2.75) is 6.92 Å². The van der Waals surface area contributed by atoms with E-state index in [1.165, 1.54) is 12.1 Å². The Bertz CT molecular complexity index is 913. The van der Waals surface area contributed by atoms with Gasteiger partial charge in [0.1, 0.15) is 0 Å². The number of nitrogens with two attached hydrogens (primary N) is 1. The molecule has 0 aliphatic heterocycles. The van der Waals surface area contributed by atoms with Crippen LogP contribution in [0.5, 0.6) is 0 Å². The average Bonchev–Trinajstić information content (AvgIpc) is 2.59. The van der Waals surface area contributed by atoms with E-state index in [1.54, 1.807) is 37.3 Å². The van der Waals surface area contributed by atoms with Crippen LogP contribution in [0, 0.1) is 0 Å². The highest BCUT2D eigenvalue weighted by Crippen LogP contribution is 2.22. The molecule has 2 aromatic carbocycles. The summed E-state index contributed by atoms with van der Waals surface area (Å²) < 4.78 is 0. The summed E-state index contributed by atoms with van der Waals surface area (Å²) in [6, 6.07) is 11.3. The van der Waals surface area contributed by atoms with E-state index in [4.69, 9.17) is 28.9 Å². The quantitative estimate of drug-likeness (QED) is 0.421. The van der Waals surface area contributed by atoms with E-state index in [0.717, 1.165) is 0 Å². The Morgan fingerprint density at radius 3 is 2.46 bits per heavy atom. The van der Waals surface area contributed by atoms with E-state index in [9.17, 15) is 14.4 Å². The van der Waals surface area contributed by atoms with Crippen LogP contribution in [0.4, 0.5) is 5.69 Å². The van der Waals surface area contributed by atoms with Gasteiger partial charge in [-0.25, -0.2) is 5.43 Å². The summed E-state index contributed by atoms with van der Waals surface area (Å²) in [4.78, 5) is 34.2. The molecule has 3 amide bonds. The second-order valence-electron chi connectivity index (χ2n) is 5.16. The van der Waals surface area contributed by atoms with Crippen molar-refractivity contribution in [3.05, 3.63) is 63.6 Å². The smallest absolute Gasteiger partial charge is 0.329 e. The maximum Gasteiger partial charge on any atom is 0.329 e. The lowest BCUT2D eigenvalue weighted by atomic mass is 10.1. The zero-order valence-electron chi connectivity index (χ0n) is 13.5. The van der Waals surface area contributed by atoms with Gasteiger partial charge in [0.05, 0.1) is 16.3 Å². The molecular formula is C17H14Cl2N4O3. The highest BCUT2D eigenvalue weighted by molar-refractivity contribution is 6.37. The molecule has 0 bridgehead atoms. The Hall–Kier alpha value is -2.90. The zero-order valence-corrected chi connectivity index (χ0v) is 15.1. The Balaban J connectivity index is 2.16. The molecule has 0 aliphatic carbocycles. The summed E-state index contributed by atoms with van der Waals surface area (Å²) in [6.07, 6.45) is 0. The minimum atomic E-state index is -1.14. The molecule has 2 rings (SSSR count). The van der Waals surface area contributed by atoms with Crippen molar-refractivity contribution < 1.29 is 14.4 Å². The van der Waals surface area contributed by atoms with Crippen molar-refractivity contribution in [3.8, 4) is 0 Å². The minimum Gasteiger partial charge on any atom is -0.361 e. The van der Waals surface area contributed by atoms with E-state index in [0.29, 0.717) is 22.0 Å². The fourth-order valence-electron chi connectivity index (χ4n) is 1.95. The van der Waals surface area contributed by atoms with Crippen LogP contribution >= 0.6 is 23.2 Å². The topological polar surface area (TPSA) is 114 Å². The average molecular weight is 393 g/mol. The minimum absolute atomic E-state index is 0.234. The van der Waals surface area contributed by atoms with Crippen LogP contribution in [0.3, 0.4) is 0 Å². The second kappa shape index (κ2) is 8.46. The van der Waals surface area contributed by atoms with Gasteiger partial charge < -0.3 is 11.1 Å². The highest BCUT2D eigenvalue weighted by Gasteiger charge is 2.12. The Kier molecular flexibility index (Phi) is 6.32. The number of carbonyl (C=O) groups excluding carboxylic acids is 3. The van der Waals surface area contributed by atoms with Gasteiger partial charge in [0, 0.05) is 10.7 Å². The first-order valence-corrected chi connectivity index (χ1v) is 8.04. The monoisotopic (exact) mass is 392 g/mol. The Morgan fingerprint density at radius 1 is 1.08 bits per heavy atom. The van der Waals surface area contributed by atoms with Gasteiger partial charge >= 0.3 is 11.8 Å². The highest BCUT2D eigenvalue weighted by atomic mass is 35.5. The number of benzene rings is 2. The first kappa shape index (κ1) is 19.4. The van der Waals surface area contributed by atoms with Crippen molar-refractivity contribution in [3.63, 3.8) is 0 Å². The summed E-state index contributed by atoms with van der Waals surface area (Å²) in [5, 5.41) is 7.16. The first-order valence-electron chi connectivity index (χ1n) is 7.29. The molecule has 0 atom stereocenters. The van der Waals surface area contributed by atoms with Crippen LogP contribution in [-0.2, 0) is 9.59 Å². The molecule has 134 valence electrons. The summed E-state index contributed by atoms with van der Waals surface area (Å²) in [5.41, 5.74) is 8.68. The van der Waals surface area contributed by atoms with Gasteiger partial charge in [-0.05, 0) is 42.8 Å². The number of carbonyl (C=O) groups is 3. The van der Waals surface area contributed by atoms with E-state index < -0.39 is 17.7 Å². The summed E-state index contributed by atoms with van der Waals surface area (Å²) in [6.45, 7) is 1.62. The molecule has 0 heterocycles. The second-order valence-corrected chi connectivity index (χ2v) is 6.01. The summed E-state index contributed by atoms with van der Waals surface area (Å²) >= 11 is 11.8. The van der Waals surface area contributed by atoms with Crippen molar-refractivity contribution in [2.24, 2.45) is 10.8 Å². The number of nitrogens with one attached hydrogen (secondary N) is 2. The number of rotatable bonds is 4. The normalized spacial score (nSPS) is 11.0. The third-order valence-electron chi connectivity index (χ3n) is 3.26. The molecule has 2 aromatic rings. The molecule has 4 N–H and O–H groups in total. The molecule has 0 aliphatic rings. The Labute approximate surface area is 159 Å². The van der Waals surface area contributed by atoms with Crippen LogP contribution in [0.25, 0.3) is 0 Å². The molecule has 7 nitrogen and oxygen atoms in total. The van der Waals surface area contributed by atoms with E-state index in [2.05, 4.69) is 10.4 Å². The van der Waals surface area contributed by atoms with Crippen molar-refractivity contribution in [2.75, 3.05) is 5.32 Å². The number of anilines is 1. The maximum absolute atomic E-state index is 12.3. The molecule has 9 heteroatoms. The number of hydrogen-bond donors (Lipinski definition) is 3. The van der Waals surface area contributed by atoms with Crippen molar-refractivity contribution in [1.82, 2.24) is 5.43 Å². The number of hydrogen-bond acceptors (Lipinski definition) is 4. The van der Waals surface area contributed by atoms with E-state index in [-0.39, 0.29) is 10.6 Å². The fraction of sp³-hybridized carbons (Fsp3) is 0.0588. The molecule has 0 saturated carbocycles. The largest absolute Gasteiger partial charge is 0.361 e. The van der Waals surface area contributed by atoms with Gasteiger partial charge in [-0.3, -0.25) is 14.4 Å². The van der Waals surface area contributed by atoms with Crippen LogP contribution < -0.4 is 16.5 Å². The van der Waals surface area contributed by atoms with Crippen molar-refractivity contribution >= 4 is 52.3 Å². The summed E-state index contributed by atoms with van der Waals surface area (Å²) in [7, 11) is 0. The van der Waals surface area contributed by atoms with Gasteiger partial charge in [0.2, 0.25) is 0 Å². The van der Waals surface area contributed by atoms with Crippen LogP contribution in [-0.4, -0.2) is 23.4 Å². The molecule has 0 saturated heterocycles. The predicted octanol–water partition coefficient (Wildman–Crippen LogP) is 2.57. The summed E-state index contributed by atoms with van der Waals surface area (Å²) in [5.74, 6) is -2.56. The molecule has 0 radical (unpaired) electrons. The van der Waals surface area contributed by atoms with E-state index in [1.807, 2.05) is 5.43 Å². The number of amides is 3. The fourth-order valence-corrected chi connectivity index (χ4v) is 2.44. The standard InChI is InChI=1S/C17H14Cl2N4O3/c1-9(22-23-17(26)15(20)24)10-3-2-4-12(7-10)21-16(25)13-6-5-11(18)8-14(13)19/h2-8H,1H3,(H2,20,24)(H,21,25)(H,23,26)/b22-9+. The zero-order chi connectivity index (χ0) is 19.3. The van der Waals surface area contributed by atoms with E-state index >= 15 is 0 Å². The lowest BCUT2D eigenvalue weighted by Gasteiger charge is -2.09. The molecule has 0 fully saturated rings. The number of hydrazone groups is 1. The van der Waals surface area contributed by atoms with Crippen LogP contribution in [0.1, 0.15) is 22.8 Å². The first-order chi connectivity index (χ1) is 12.3. The lowest BCUT2D eigenvalue weighted by molar-refractivity contribution is -0.137. The van der Waals surface area contributed by atoms with Gasteiger partial charge in [-0.15, -0.1) is 0 Å². The molecule has 26 heavy (non-hydrogen) atoms. The number of primary amides is 1. The van der Waals surface area contributed by atoms with Gasteiger partial charge in [0.15, 0.2) is 0 Å². The Morgan fingerprint density at radius 2 is 1.81 bits per heavy atom. The third kappa shape index (κ3) is 5.05. The third-order valence-corrected chi connectivity index (χ3v) is 3.81. The van der Waals surface area contributed by atoms with Gasteiger partial charge in [0.25, 0.3) is 5.91 Å². The van der Waals surface area contributed by atoms with Crippen LogP contribution in [0.15, 0.2) is 47.6 Å². The molecule has 0 aromatic heterocycles. The number of halogens is 2. The predicted molar refractivity (Wildman–Crippen MR) is 100 cm³/mol. The van der Waals surface area contributed by atoms with Crippen LogP contribution in [0.2, 0.25) is 10.0 Å². The molecular weight excluding hydrogens is 379 g/mol.